The minimum atomic E-state index is -1.08. The first kappa shape index (κ1) is 15.9. The lowest BCUT2D eigenvalue weighted by molar-refractivity contribution is -0.590. The van der Waals surface area contributed by atoms with Crippen LogP contribution in [0.25, 0.3) is 0 Å². The number of rotatable bonds is 4. The highest BCUT2D eigenvalue weighted by molar-refractivity contribution is 6.42. The number of nitrogens with two attached hydrogens (primary N) is 1. The predicted molar refractivity (Wildman–Crippen MR) is 70.0 cm³/mol. The van der Waals surface area contributed by atoms with Gasteiger partial charge >= 0.3 is 5.97 Å². The molecule has 0 bridgehead atoms. The molecule has 1 aliphatic rings. The van der Waals surface area contributed by atoms with Gasteiger partial charge in [0.15, 0.2) is 6.54 Å². The lowest BCUT2D eigenvalue weighted by atomic mass is 10.2. The summed E-state index contributed by atoms with van der Waals surface area (Å²) in [6, 6.07) is 1.63. The molecular weight excluding hydrogens is 264 g/mol. The van der Waals surface area contributed by atoms with Gasteiger partial charge in [-0.25, -0.2) is 4.79 Å². The van der Waals surface area contributed by atoms with E-state index in [1.807, 2.05) is 4.58 Å². The molecule has 1 aliphatic heterocycles. The zero-order valence-electron chi connectivity index (χ0n) is 11.9. The quantitative estimate of drug-likeness (QED) is 0.247. The molecule has 0 aromatic carbocycles. The zero-order valence-corrected chi connectivity index (χ0v) is 11.9. The summed E-state index contributed by atoms with van der Waals surface area (Å²) in [7, 11) is 0. The number of oxime groups is 1. The lowest BCUT2D eigenvalue weighted by Gasteiger charge is -2.31. The summed E-state index contributed by atoms with van der Waals surface area (Å²) in [5.74, 6) is -1.26. The van der Waals surface area contributed by atoms with E-state index in [1.165, 1.54) is 0 Å². The van der Waals surface area contributed by atoms with Crippen LogP contribution in [-0.2, 0) is 19.1 Å². The van der Waals surface area contributed by atoms with Gasteiger partial charge in [-0.2, -0.15) is 5.26 Å². The summed E-state index contributed by atoms with van der Waals surface area (Å²) < 4.78 is 12.0. The fraction of sp³-hybridized carbons (Fsp3) is 0.667. The number of hydrogen-bond acceptors (Lipinski definition) is 6. The predicted octanol–water partition coefficient (Wildman–Crippen LogP) is -0.418. The van der Waals surface area contributed by atoms with Crippen LogP contribution in [0, 0.1) is 11.3 Å². The Morgan fingerprint density at radius 2 is 2.35 bits per heavy atom. The second-order valence-corrected chi connectivity index (χ2v) is 4.41. The molecule has 1 fully saturated rings. The summed E-state index contributed by atoms with van der Waals surface area (Å²) in [6.07, 6.45) is 0. The minimum absolute atomic E-state index is 0.155. The third-order valence-corrected chi connectivity index (χ3v) is 2.65. The van der Waals surface area contributed by atoms with E-state index in [9.17, 15) is 4.79 Å². The van der Waals surface area contributed by atoms with Crippen molar-refractivity contribution in [2.45, 2.75) is 26.6 Å². The Morgan fingerprint density at radius 1 is 1.65 bits per heavy atom. The van der Waals surface area contributed by atoms with Crippen LogP contribution in [0.1, 0.15) is 20.8 Å². The SMILES string of the molecule is CCOC(=O)C(C#N)=NOC1(C)C[N+](=C(C)N)CCO1. The highest BCUT2D eigenvalue weighted by atomic mass is 16.8. The number of morpholine rings is 1. The van der Waals surface area contributed by atoms with E-state index in [-0.39, 0.29) is 6.61 Å². The molecule has 8 nitrogen and oxygen atoms in total. The average Bonchev–Trinajstić information content (AvgIpc) is 2.39. The molecule has 0 amide bonds. The van der Waals surface area contributed by atoms with E-state index < -0.39 is 17.5 Å². The number of amidine groups is 1. The van der Waals surface area contributed by atoms with Crippen LogP contribution in [0.3, 0.4) is 0 Å². The molecule has 1 saturated heterocycles. The Hall–Kier alpha value is -2.14. The van der Waals surface area contributed by atoms with Gasteiger partial charge < -0.3 is 14.3 Å². The molecule has 1 heterocycles. The van der Waals surface area contributed by atoms with Crippen molar-refractivity contribution in [3.05, 3.63) is 0 Å². The standard InChI is InChI=1S/C12H18N4O4/c1-4-18-11(17)10(7-13)15-20-12(3)8-16(9(2)14)5-6-19-12/h14H,4-6,8H2,1-3H3/p+1. The van der Waals surface area contributed by atoms with Crippen molar-refractivity contribution in [3.8, 4) is 6.07 Å². The first-order valence-electron chi connectivity index (χ1n) is 6.23. The Morgan fingerprint density at radius 3 is 2.90 bits per heavy atom. The summed E-state index contributed by atoms with van der Waals surface area (Å²) in [5, 5.41) is 12.4. The van der Waals surface area contributed by atoms with Gasteiger partial charge in [-0.3, -0.25) is 10.3 Å². The third kappa shape index (κ3) is 4.20. The van der Waals surface area contributed by atoms with Gasteiger partial charge in [0.1, 0.15) is 12.6 Å². The molecule has 0 radical (unpaired) electrons. The van der Waals surface area contributed by atoms with E-state index in [2.05, 4.69) is 9.89 Å². The molecular formula is C12H19N4O4+. The van der Waals surface area contributed by atoms with E-state index in [4.69, 9.17) is 20.6 Å². The third-order valence-electron chi connectivity index (χ3n) is 2.65. The number of esters is 1. The molecule has 0 aromatic rings. The maximum Gasteiger partial charge on any atom is 0.371 e. The number of carbonyl (C=O) groups excluding carboxylic acids is 1. The molecule has 0 aromatic heterocycles. The molecule has 2 N–H and O–H groups in total. The van der Waals surface area contributed by atoms with Crippen LogP contribution in [0.5, 0.6) is 0 Å². The van der Waals surface area contributed by atoms with Gasteiger partial charge in [-0.05, 0) is 6.92 Å². The Bertz CT molecular complexity index is 476. The molecule has 1 unspecified atom stereocenters. The largest absolute Gasteiger partial charge is 0.461 e. The molecule has 1 rings (SSSR count). The van der Waals surface area contributed by atoms with E-state index in [0.29, 0.717) is 25.5 Å². The van der Waals surface area contributed by atoms with Crippen LogP contribution >= 0.6 is 0 Å². The maximum atomic E-state index is 11.4. The smallest absolute Gasteiger partial charge is 0.371 e. The lowest BCUT2D eigenvalue weighted by Crippen LogP contribution is -2.49. The van der Waals surface area contributed by atoms with E-state index >= 15 is 0 Å². The van der Waals surface area contributed by atoms with Gasteiger partial charge in [0.25, 0.3) is 11.5 Å². The van der Waals surface area contributed by atoms with Gasteiger partial charge in [0.05, 0.1) is 13.2 Å². The van der Waals surface area contributed by atoms with Crippen LogP contribution in [-0.4, -0.2) is 54.2 Å². The number of nitrogens with zero attached hydrogens (tertiary/aromatic N) is 3. The molecule has 1 atom stereocenters. The number of nitriles is 1. The van der Waals surface area contributed by atoms with Crippen LogP contribution in [0.4, 0.5) is 0 Å². The van der Waals surface area contributed by atoms with Crippen molar-refractivity contribution in [1.29, 1.82) is 5.26 Å². The summed E-state index contributed by atoms with van der Waals surface area (Å²) >= 11 is 0. The molecule has 8 heteroatoms. The maximum absolute atomic E-state index is 11.4. The first-order valence-corrected chi connectivity index (χ1v) is 6.23. The van der Waals surface area contributed by atoms with Crippen molar-refractivity contribution in [2.24, 2.45) is 10.9 Å². The fourth-order valence-electron chi connectivity index (χ4n) is 1.64. The molecule has 0 saturated carbocycles. The molecule has 20 heavy (non-hydrogen) atoms. The van der Waals surface area contributed by atoms with Crippen molar-refractivity contribution >= 4 is 17.5 Å². The monoisotopic (exact) mass is 283 g/mol. The normalized spacial score (nSPS) is 25.6. The van der Waals surface area contributed by atoms with Crippen molar-refractivity contribution in [1.82, 2.24) is 0 Å². The van der Waals surface area contributed by atoms with Crippen molar-refractivity contribution < 1.29 is 23.7 Å². The molecule has 0 aliphatic carbocycles. The summed E-state index contributed by atoms with van der Waals surface area (Å²) in [6.45, 7) is 6.62. The second-order valence-electron chi connectivity index (χ2n) is 4.41. The van der Waals surface area contributed by atoms with Crippen LogP contribution in [0.2, 0.25) is 0 Å². The van der Waals surface area contributed by atoms with Gasteiger partial charge in [0.2, 0.25) is 5.84 Å². The number of ether oxygens (including phenoxy) is 2. The molecule has 0 spiro atoms. The van der Waals surface area contributed by atoms with Gasteiger partial charge in [-0.1, -0.05) is 5.16 Å². The highest BCUT2D eigenvalue weighted by Gasteiger charge is 2.36. The Labute approximate surface area is 117 Å². The summed E-state index contributed by atoms with van der Waals surface area (Å²) in [4.78, 5) is 16.6. The van der Waals surface area contributed by atoms with Crippen molar-refractivity contribution in [3.63, 3.8) is 0 Å². The Balaban J connectivity index is 2.78. The fourth-order valence-corrected chi connectivity index (χ4v) is 1.64. The van der Waals surface area contributed by atoms with Crippen molar-refractivity contribution in [2.75, 3.05) is 26.3 Å². The highest BCUT2D eigenvalue weighted by Crippen LogP contribution is 2.17. The van der Waals surface area contributed by atoms with E-state index in [1.54, 1.807) is 26.8 Å². The van der Waals surface area contributed by atoms with E-state index in [0.717, 1.165) is 0 Å². The topological polar surface area (TPSA) is 110 Å². The summed E-state index contributed by atoms with van der Waals surface area (Å²) in [5.41, 5.74) is 5.27. The number of carbonyl (C=O) groups is 1. The van der Waals surface area contributed by atoms with Crippen LogP contribution in [0.15, 0.2) is 5.16 Å². The zero-order chi connectivity index (χ0) is 15.2. The number of hydrogen-bond donors (Lipinski definition) is 1. The molecule has 110 valence electrons. The van der Waals surface area contributed by atoms with Crippen LogP contribution < -0.4 is 5.73 Å². The minimum Gasteiger partial charge on any atom is -0.461 e. The average molecular weight is 283 g/mol. The Kier molecular flexibility index (Phi) is 5.46. The second kappa shape index (κ2) is 6.86. The van der Waals surface area contributed by atoms with Gasteiger partial charge in [-0.15, -0.1) is 0 Å². The van der Waals surface area contributed by atoms with Gasteiger partial charge in [0, 0.05) is 13.8 Å². The first-order chi connectivity index (χ1) is 9.41.